The molecule has 0 amide bonds. The fraction of sp³-hybridized carbons (Fsp3) is 0.545. The van der Waals surface area contributed by atoms with Crippen LogP contribution in [-0.2, 0) is 14.9 Å². The molecular weight excluding hydrogens is 392 g/mol. The molecule has 0 saturated heterocycles. The number of hydrogen-bond acceptors (Lipinski definition) is 8. The number of allylic oxidation sites excluding steroid dienone is 1. The Morgan fingerprint density at radius 2 is 1.73 bits per heavy atom. The van der Waals surface area contributed by atoms with Crippen molar-refractivity contribution < 1.29 is 39.9 Å². The Balaban J connectivity index is 2.34. The average molecular weight is 420 g/mol. The number of fused-ring (bicyclic) bond motifs is 3. The van der Waals surface area contributed by atoms with Crippen LogP contribution in [0, 0.1) is 5.41 Å². The van der Waals surface area contributed by atoms with Crippen molar-refractivity contribution in [2.45, 2.75) is 64.9 Å². The predicted octanol–water partition coefficient (Wildman–Crippen LogP) is 2.92. The lowest BCUT2D eigenvalue weighted by Gasteiger charge is -2.52. The minimum Gasteiger partial charge on any atom is -0.507 e. The zero-order chi connectivity index (χ0) is 22.8. The first-order valence-electron chi connectivity index (χ1n) is 9.88. The highest BCUT2D eigenvalue weighted by atomic mass is 16.5. The smallest absolute Gasteiger partial charge is 0.302 e. The van der Waals surface area contributed by atoms with E-state index in [2.05, 4.69) is 0 Å². The summed E-state index contributed by atoms with van der Waals surface area (Å²) in [5.41, 5.74) is -2.19. The maximum absolute atomic E-state index is 13.1. The molecule has 5 N–H and O–H groups in total. The number of phenols is 3. The molecule has 1 aromatic rings. The molecule has 1 aromatic carbocycles. The van der Waals surface area contributed by atoms with Gasteiger partial charge >= 0.3 is 5.97 Å². The van der Waals surface area contributed by atoms with Crippen molar-refractivity contribution in [1.82, 2.24) is 0 Å². The van der Waals surface area contributed by atoms with E-state index in [0.717, 1.165) is 0 Å². The number of ether oxygens (including phenoxy) is 1. The molecule has 2 aliphatic carbocycles. The largest absolute Gasteiger partial charge is 0.507 e. The van der Waals surface area contributed by atoms with Crippen LogP contribution in [0.5, 0.6) is 17.2 Å². The minimum atomic E-state index is -1.10. The summed E-state index contributed by atoms with van der Waals surface area (Å²) < 4.78 is 5.43. The summed E-state index contributed by atoms with van der Waals surface area (Å²) in [6.45, 7) is 7.55. The van der Waals surface area contributed by atoms with Crippen LogP contribution in [0.2, 0.25) is 0 Å². The van der Waals surface area contributed by atoms with E-state index in [1.807, 2.05) is 0 Å². The number of esters is 1. The van der Waals surface area contributed by atoms with Crippen LogP contribution in [0.25, 0.3) is 0 Å². The van der Waals surface area contributed by atoms with E-state index in [1.165, 1.54) is 13.8 Å². The van der Waals surface area contributed by atoms with E-state index in [0.29, 0.717) is 6.42 Å². The molecule has 2 aliphatic rings. The van der Waals surface area contributed by atoms with Gasteiger partial charge in [0.15, 0.2) is 17.3 Å². The molecule has 8 nitrogen and oxygen atoms in total. The molecule has 30 heavy (non-hydrogen) atoms. The lowest BCUT2D eigenvalue weighted by Crippen LogP contribution is -2.50. The highest BCUT2D eigenvalue weighted by molar-refractivity contribution is 6.13. The molecule has 8 heteroatoms. The maximum atomic E-state index is 13.1. The van der Waals surface area contributed by atoms with Gasteiger partial charge in [-0.3, -0.25) is 9.59 Å². The van der Waals surface area contributed by atoms with E-state index in [1.54, 1.807) is 20.8 Å². The van der Waals surface area contributed by atoms with Gasteiger partial charge in [0.1, 0.15) is 11.9 Å². The van der Waals surface area contributed by atoms with Crippen LogP contribution in [0.15, 0.2) is 11.3 Å². The van der Waals surface area contributed by atoms with Gasteiger partial charge in [-0.15, -0.1) is 0 Å². The van der Waals surface area contributed by atoms with Gasteiger partial charge in [-0.05, 0) is 18.4 Å². The lowest BCUT2D eigenvalue weighted by atomic mass is 9.53. The van der Waals surface area contributed by atoms with Crippen LogP contribution in [0.1, 0.15) is 74.9 Å². The Labute approximate surface area is 174 Å². The Hall–Kier alpha value is -2.74. The number of aliphatic hydroxyl groups excluding tert-OH is 2. The summed E-state index contributed by atoms with van der Waals surface area (Å²) in [6, 6.07) is 0. The third-order valence-electron chi connectivity index (χ3n) is 6.67. The fourth-order valence-corrected chi connectivity index (χ4v) is 5.28. The molecule has 3 rings (SSSR count). The molecule has 0 spiro atoms. The molecule has 0 radical (unpaired) electrons. The molecule has 0 heterocycles. The van der Waals surface area contributed by atoms with Gasteiger partial charge in [0.25, 0.3) is 0 Å². The number of rotatable bonds is 3. The number of hydrogen-bond donors (Lipinski definition) is 5. The summed E-state index contributed by atoms with van der Waals surface area (Å²) in [7, 11) is 0. The minimum absolute atomic E-state index is 0.0264. The van der Waals surface area contributed by atoms with Gasteiger partial charge in [-0.25, -0.2) is 0 Å². The van der Waals surface area contributed by atoms with Crippen molar-refractivity contribution in [3.05, 3.63) is 28.0 Å². The van der Waals surface area contributed by atoms with Gasteiger partial charge in [-0.1, -0.05) is 27.7 Å². The van der Waals surface area contributed by atoms with Crippen LogP contribution in [-0.4, -0.2) is 50.0 Å². The molecule has 0 aliphatic heterocycles. The summed E-state index contributed by atoms with van der Waals surface area (Å²) >= 11 is 0. The number of aliphatic hydroxyl groups is 2. The highest BCUT2D eigenvalue weighted by Gasteiger charge is 2.57. The van der Waals surface area contributed by atoms with Crippen molar-refractivity contribution >= 4 is 11.8 Å². The number of Topliss-reactive ketones (excluding diaryl/α,β-unsaturated/α-hetero) is 1. The molecule has 3 atom stereocenters. The van der Waals surface area contributed by atoms with Crippen molar-refractivity contribution in [3.63, 3.8) is 0 Å². The first-order valence-corrected chi connectivity index (χ1v) is 9.88. The zero-order valence-electron chi connectivity index (χ0n) is 17.7. The summed E-state index contributed by atoms with van der Waals surface area (Å²) in [6.07, 6.45) is 0.0612. The normalized spacial score (nSPS) is 26.1. The first-order chi connectivity index (χ1) is 13.8. The fourth-order valence-electron chi connectivity index (χ4n) is 5.28. The standard InChI is InChI=1S/C22H28O8/c1-9(8-23)12-15(25)13-14(18(28)16(12)26)22(5)7-6-11(30-10(2)24)21(3,4)20(22)19(29)17(13)27/h9,11,23,25-26,28-29H,6-8H2,1-5H3/t9-,11+,22-/m1/s1. The third kappa shape index (κ3) is 2.77. The van der Waals surface area contributed by atoms with Crippen molar-refractivity contribution in [3.8, 4) is 17.2 Å². The van der Waals surface area contributed by atoms with Crippen LogP contribution in [0.4, 0.5) is 0 Å². The molecule has 0 aromatic heterocycles. The SMILES string of the molecule is CC(=O)O[C@H]1CC[C@@]2(C)C(=C(O)C(=O)c3c(O)c([C@H](C)CO)c(O)c(O)c32)C1(C)C. The summed E-state index contributed by atoms with van der Waals surface area (Å²) in [4.78, 5) is 24.7. The van der Waals surface area contributed by atoms with Gasteiger partial charge < -0.3 is 30.3 Å². The van der Waals surface area contributed by atoms with Crippen LogP contribution < -0.4 is 0 Å². The Morgan fingerprint density at radius 1 is 1.13 bits per heavy atom. The Kier molecular flexibility index (Phi) is 5.05. The molecular formula is C22H28O8. The molecule has 0 unspecified atom stereocenters. The molecule has 1 fully saturated rings. The molecule has 164 valence electrons. The van der Waals surface area contributed by atoms with E-state index >= 15 is 0 Å². The van der Waals surface area contributed by atoms with Crippen molar-refractivity contribution in [2.75, 3.05) is 6.61 Å². The van der Waals surface area contributed by atoms with E-state index < -0.39 is 64.2 Å². The zero-order valence-corrected chi connectivity index (χ0v) is 17.7. The maximum Gasteiger partial charge on any atom is 0.302 e. The second kappa shape index (κ2) is 6.91. The number of carbonyl (C=O) groups is 2. The molecule has 0 bridgehead atoms. The quantitative estimate of drug-likeness (QED) is 0.285. The highest BCUT2D eigenvalue weighted by Crippen LogP contribution is 2.61. The molecule has 1 saturated carbocycles. The van der Waals surface area contributed by atoms with E-state index in [9.17, 15) is 35.1 Å². The first kappa shape index (κ1) is 22.0. The van der Waals surface area contributed by atoms with Gasteiger partial charge in [0.2, 0.25) is 5.78 Å². The van der Waals surface area contributed by atoms with Crippen LogP contribution in [0.3, 0.4) is 0 Å². The van der Waals surface area contributed by atoms with E-state index in [4.69, 9.17) is 4.74 Å². The summed E-state index contributed by atoms with van der Waals surface area (Å²) in [5, 5.41) is 52.7. The topological polar surface area (TPSA) is 145 Å². The number of phenolic OH excluding ortho intramolecular Hbond substituents is 3. The number of carbonyl (C=O) groups excluding carboxylic acids is 2. The van der Waals surface area contributed by atoms with E-state index in [-0.39, 0.29) is 28.7 Å². The van der Waals surface area contributed by atoms with Gasteiger partial charge in [0, 0.05) is 41.4 Å². The van der Waals surface area contributed by atoms with Crippen molar-refractivity contribution in [1.29, 1.82) is 0 Å². The number of aromatic hydroxyl groups is 3. The number of benzene rings is 1. The van der Waals surface area contributed by atoms with Gasteiger partial charge in [0.05, 0.1) is 5.56 Å². The third-order valence-corrected chi connectivity index (χ3v) is 6.67. The summed E-state index contributed by atoms with van der Waals surface area (Å²) in [5.74, 6) is -4.46. The number of ketones is 1. The Bertz CT molecular complexity index is 974. The van der Waals surface area contributed by atoms with Crippen molar-refractivity contribution in [2.24, 2.45) is 5.41 Å². The average Bonchev–Trinajstić information content (AvgIpc) is 2.64. The second-order valence-electron chi connectivity index (χ2n) is 9.04. The lowest BCUT2D eigenvalue weighted by molar-refractivity contribution is -0.153. The monoisotopic (exact) mass is 420 g/mol. The van der Waals surface area contributed by atoms with Crippen LogP contribution >= 0.6 is 0 Å². The van der Waals surface area contributed by atoms with Gasteiger partial charge in [-0.2, -0.15) is 0 Å². The second-order valence-corrected chi connectivity index (χ2v) is 9.04. The predicted molar refractivity (Wildman–Crippen MR) is 107 cm³/mol. The Morgan fingerprint density at radius 3 is 2.27 bits per heavy atom.